The Bertz CT molecular complexity index is 803. The molecule has 0 aromatic heterocycles. The predicted molar refractivity (Wildman–Crippen MR) is 96.4 cm³/mol. The largest absolute Gasteiger partial charge is 0.373 e. The minimum absolute atomic E-state index is 0.162. The van der Waals surface area contributed by atoms with Crippen LogP contribution in [0.4, 0.5) is 11.4 Å². The Morgan fingerprint density at radius 1 is 0.958 bits per heavy atom. The summed E-state index contributed by atoms with van der Waals surface area (Å²) < 4.78 is 0. The van der Waals surface area contributed by atoms with E-state index in [1.165, 1.54) is 10.5 Å². The summed E-state index contributed by atoms with van der Waals surface area (Å²) in [5.41, 5.74) is 5.97. The van der Waals surface area contributed by atoms with Crippen LogP contribution >= 0.6 is 0 Å². The number of rotatable bonds is 3. The highest BCUT2D eigenvalue weighted by Gasteiger charge is 2.39. The molecule has 2 amide bonds. The molecule has 2 aromatic rings. The molecule has 1 N–H and O–H groups in total. The first-order valence-electron chi connectivity index (χ1n) is 8.14. The second-order valence-electron chi connectivity index (χ2n) is 6.58. The van der Waals surface area contributed by atoms with Crippen LogP contribution in [0.3, 0.4) is 0 Å². The third-order valence-corrected chi connectivity index (χ3v) is 4.40. The van der Waals surface area contributed by atoms with Gasteiger partial charge in [0.05, 0.1) is 12.1 Å². The second kappa shape index (κ2) is 6.11. The fraction of sp³-hybridized carbons (Fsp3) is 0.300. The zero-order chi connectivity index (χ0) is 17.4. The molecule has 1 heterocycles. The van der Waals surface area contributed by atoms with Crippen molar-refractivity contribution in [3.8, 4) is 0 Å². The van der Waals surface area contributed by atoms with Gasteiger partial charge in [-0.3, -0.25) is 9.59 Å². The number of anilines is 2. The highest BCUT2D eigenvalue weighted by atomic mass is 16.2. The standard InChI is InChI=1S/C20H22N2O2/c1-12-6-5-7-16(10-12)22-18(23)11-17(20(22)24)21-19-14(3)8-13(2)9-15(19)4/h5-10,17,21H,11H2,1-4H3. The number of benzene rings is 2. The molecule has 2 aromatic carbocycles. The highest BCUT2D eigenvalue weighted by molar-refractivity contribution is 6.23. The van der Waals surface area contributed by atoms with E-state index in [2.05, 4.69) is 17.4 Å². The highest BCUT2D eigenvalue weighted by Crippen LogP contribution is 2.28. The average Bonchev–Trinajstić information content (AvgIpc) is 2.77. The molecule has 1 atom stereocenters. The number of carbonyl (C=O) groups is 2. The van der Waals surface area contributed by atoms with Crippen LogP contribution < -0.4 is 10.2 Å². The van der Waals surface area contributed by atoms with Gasteiger partial charge in [-0.2, -0.15) is 0 Å². The number of aryl methyl sites for hydroxylation is 4. The van der Waals surface area contributed by atoms with E-state index < -0.39 is 6.04 Å². The van der Waals surface area contributed by atoms with Gasteiger partial charge in [-0.1, -0.05) is 29.8 Å². The fourth-order valence-electron chi connectivity index (χ4n) is 3.36. The first kappa shape index (κ1) is 16.2. The van der Waals surface area contributed by atoms with Gasteiger partial charge in [0, 0.05) is 5.69 Å². The van der Waals surface area contributed by atoms with Gasteiger partial charge in [0.15, 0.2) is 0 Å². The summed E-state index contributed by atoms with van der Waals surface area (Å²) >= 11 is 0. The van der Waals surface area contributed by atoms with E-state index in [1.54, 1.807) is 6.07 Å². The van der Waals surface area contributed by atoms with Gasteiger partial charge in [-0.15, -0.1) is 0 Å². The van der Waals surface area contributed by atoms with Crippen LogP contribution in [-0.4, -0.2) is 17.9 Å². The zero-order valence-corrected chi connectivity index (χ0v) is 14.5. The Morgan fingerprint density at radius 2 is 1.62 bits per heavy atom. The molecular weight excluding hydrogens is 300 g/mol. The maximum atomic E-state index is 12.8. The lowest BCUT2D eigenvalue weighted by Gasteiger charge is -2.19. The van der Waals surface area contributed by atoms with Crippen LogP contribution in [0, 0.1) is 27.7 Å². The lowest BCUT2D eigenvalue weighted by molar-refractivity contribution is -0.121. The number of carbonyl (C=O) groups excluding carboxylic acids is 2. The quantitative estimate of drug-likeness (QED) is 0.877. The molecule has 0 radical (unpaired) electrons. The van der Waals surface area contributed by atoms with Crippen molar-refractivity contribution >= 4 is 23.2 Å². The van der Waals surface area contributed by atoms with Crippen molar-refractivity contribution in [2.75, 3.05) is 10.2 Å². The Kier molecular flexibility index (Phi) is 4.14. The molecule has 1 saturated heterocycles. The lowest BCUT2D eigenvalue weighted by Crippen LogP contribution is -2.35. The zero-order valence-electron chi connectivity index (χ0n) is 14.5. The number of hydrogen-bond donors (Lipinski definition) is 1. The smallest absolute Gasteiger partial charge is 0.256 e. The molecule has 0 spiro atoms. The van der Waals surface area contributed by atoms with E-state index >= 15 is 0 Å². The second-order valence-corrected chi connectivity index (χ2v) is 6.58. The van der Waals surface area contributed by atoms with Crippen molar-refractivity contribution < 1.29 is 9.59 Å². The van der Waals surface area contributed by atoms with Crippen LogP contribution in [0.2, 0.25) is 0 Å². The summed E-state index contributed by atoms with van der Waals surface area (Å²) in [6, 6.07) is 11.1. The average molecular weight is 322 g/mol. The number of nitrogens with one attached hydrogen (secondary N) is 1. The van der Waals surface area contributed by atoms with E-state index in [1.807, 2.05) is 45.9 Å². The van der Waals surface area contributed by atoms with Gasteiger partial charge in [0.1, 0.15) is 6.04 Å². The van der Waals surface area contributed by atoms with Crippen molar-refractivity contribution in [3.05, 3.63) is 58.7 Å². The molecular formula is C20H22N2O2. The molecule has 1 aliphatic heterocycles. The molecule has 1 fully saturated rings. The summed E-state index contributed by atoms with van der Waals surface area (Å²) in [5.74, 6) is -0.351. The minimum Gasteiger partial charge on any atom is -0.373 e. The van der Waals surface area contributed by atoms with Crippen LogP contribution in [0.25, 0.3) is 0 Å². The predicted octanol–water partition coefficient (Wildman–Crippen LogP) is 3.66. The molecule has 0 bridgehead atoms. The molecule has 0 aliphatic carbocycles. The van der Waals surface area contributed by atoms with Gasteiger partial charge >= 0.3 is 0 Å². The molecule has 24 heavy (non-hydrogen) atoms. The third kappa shape index (κ3) is 2.92. The number of amides is 2. The van der Waals surface area contributed by atoms with Crippen LogP contribution in [0.5, 0.6) is 0 Å². The molecule has 1 unspecified atom stereocenters. The van der Waals surface area contributed by atoms with Crippen LogP contribution in [0.1, 0.15) is 28.7 Å². The van der Waals surface area contributed by atoms with E-state index in [4.69, 9.17) is 0 Å². The van der Waals surface area contributed by atoms with Crippen LogP contribution in [-0.2, 0) is 9.59 Å². The number of hydrogen-bond acceptors (Lipinski definition) is 3. The summed E-state index contributed by atoms with van der Waals surface area (Å²) in [5, 5.41) is 3.29. The summed E-state index contributed by atoms with van der Waals surface area (Å²) in [7, 11) is 0. The molecule has 4 nitrogen and oxygen atoms in total. The molecule has 3 rings (SSSR count). The summed E-state index contributed by atoms with van der Waals surface area (Å²) in [6.07, 6.45) is 0.180. The molecule has 124 valence electrons. The first-order chi connectivity index (χ1) is 11.4. The van der Waals surface area contributed by atoms with E-state index in [0.29, 0.717) is 5.69 Å². The van der Waals surface area contributed by atoms with Crippen molar-refractivity contribution in [1.29, 1.82) is 0 Å². The SMILES string of the molecule is Cc1cccc(N2C(=O)CC(Nc3c(C)cc(C)cc3C)C2=O)c1. The van der Waals surface area contributed by atoms with Gasteiger partial charge < -0.3 is 5.32 Å². The Morgan fingerprint density at radius 3 is 2.25 bits per heavy atom. The molecule has 4 heteroatoms. The molecule has 0 saturated carbocycles. The molecule has 1 aliphatic rings. The van der Waals surface area contributed by atoms with Crippen molar-refractivity contribution in [1.82, 2.24) is 0 Å². The minimum atomic E-state index is -0.516. The van der Waals surface area contributed by atoms with Crippen molar-refractivity contribution in [2.45, 2.75) is 40.2 Å². The Labute approximate surface area is 142 Å². The Balaban J connectivity index is 1.87. The third-order valence-electron chi connectivity index (χ3n) is 4.40. The van der Waals surface area contributed by atoms with E-state index in [0.717, 1.165) is 22.4 Å². The van der Waals surface area contributed by atoms with E-state index in [-0.39, 0.29) is 18.2 Å². The first-order valence-corrected chi connectivity index (χ1v) is 8.14. The van der Waals surface area contributed by atoms with Crippen molar-refractivity contribution in [3.63, 3.8) is 0 Å². The van der Waals surface area contributed by atoms with Gasteiger partial charge in [-0.05, 0) is 56.5 Å². The van der Waals surface area contributed by atoms with Gasteiger partial charge in [0.25, 0.3) is 5.91 Å². The van der Waals surface area contributed by atoms with Gasteiger partial charge in [0.2, 0.25) is 5.91 Å². The maximum absolute atomic E-state index is 12.8. The van der Waals surface area contributed by atoms with E-state index in [9.17, 15) is 9.59 Å². The monoisotopic (exact) mass is 322 g/mol. The maximum Gasteiger partial charge on any atom is 0.256 e. The summed E-state index contributed by atoms with van der Waals surface area (Å²) in [6.45, 7) is 8.03. The van der Waals surface area contributed by atoms with Gasteiger partial charge in [-0.25, -0.2) is 4.90 Å². The number of imide groups is 1. The number of nitrogens with zero attached hydrogens (tertiary/aromatic N) is 1. The topological polar surface area (TPSA) is 49.4 Å². The normalized spacial score (nSPS) is 17.5. The van der Waals surface area contributed by atoms with Crippen molar-refractivity contribution in [2.24, 2.45) is 0 Å². The fourth-order valence-corrected chi connectivity index (χ4v) is 3.36. The van der Waals surface area contributed by atoms with Crippen LogP contribution in [0.15, 0.2) is 36.4 Å². The Hall–Kier alpha value is -2.62. The lowest BCUT2D eigenvalue weighted by atomic mass is 10.0. The summed E-state index contributed by atoms with van der Waals surface area (Å²) in [4.78, 5) is 26.4.